The summed E-state index contributed by atoms with van der Waals surface area (Å²) in [7, 11) is 0. The number of nitrogens with one attached hydrogen (secondary N) is 1. The van der Waals surface area contributed by atoms with Crippen LogP contribution in [0.3, 0.4) is 0 Å². The first-order valence-electron chi connectivity index (χ1n) is 8.35. The maximum Gasteiger partial charge on any atom is 0.325 e. The highest BCUT2D eigenvalue weighted by Gasteiger charge is 2.49. The minimum absolute atomic E-state index is 0.131. The van der Waals surface area contributed by atoms with E-state index in [-0.39, 0.29) is 12.4 Å². The predicted molar refractivity (Wildman–Crippen MR) is 103 cm³/mol. The molecule has 1 unspecified atom stereocenters. The van der Waals surface area contributed by atoms with Crippen LogP contribution in [0.4, 0.5) is 4.79 Å². The number of halogens is 2. The lowest BCUT2D eigenvalue weighted by Gasteiger charge is -2.22. The molecular formula is C19H14Cl2N4O3. The van der Waals surface area contributed by atoms with Crippen LogP contribution in [-0.2, 0) is 16.9 Å². The van der Waals surface area contributed by atoms with Gasteiger partial charge in [0.05, 0.1) is 0 Å². The van der Waals surface area contributed by atoms with Gasteiger partial charge in [-0.1, -0.05) is 40.5 Å². The van der Waals surface area contributed by atoms with Gasteiger partial charge in [-0.2, -0.15) is 4.98 Å². The number of urea groups is 1. The number of hydrogen-bond acceptors (Lipinski definition) is 5. The Morgan fingerprint density at radius 3 is 2.29 bits per heavy atom. The van der Waals surface area contributed by atoms with E-state index in [1.165, 1.54) is 0 Å². The number of nitrogens with zero attached hydrogens (tertiary/aromatic N) is 3. The molecule has 28 heavy (non-hydrogen) atoms. The van der Waals surface area contributed by atoms with Crippen LogP contribution in [0.15, 0.2) is 53.1 Å². The van der Waals surface area contributed by atoms with Crippen molar-refractivity contribution in [2.24, 2.45) is 0 Å². The molecule has 7 nitrogen and oxygen atoms in total. The molecule has 1 aliphatic heterocycles. The number of amides is 3. The van der Waals surface area contributed by atoms with Crippen LogP contribution in [0.2, 0.25) is 10.0 Å². The van der Waals surface area contributed by atoms with Gasteiger partial charge < -0.3 is 9.84 Å². The summed E-state index contributed by atoms with van der Waals surface area (Å²) < 4.78 is 5.21. The summed E-state index contributed by atoms with van der Waals surface area (Å²) in [4.78, 5) is 30.7. The molecule has 1 N–H and O–H groups in total. The molecule has 1 aromatic heterocycles. The highest BCUT2D eigenvalue weighted by Crippen LogP contribution is 2.30. The third-order valence-corrected chi connectivity index (χ3v) is 5.06. The standard InChI is InChI=1S/C19H14Cl2N4O3/c1-19(12-4-8-14(21)9-5-12)17(26)25(18(27)23-19)10-15-22-16(24-28-15)11-2-6-13(20)7-3-11/h2-9H,10H2,1H3,(H,23,27). The summed E-state index contributed by atoms with van der Waals surface area (Å²) in [5, 5.41) is 7.75. The maximum atomic E-state index is 12.9. The molecule has 1 aliphatic rings. The molecule has 3 aromatic rings. The van der Waals surface area contributed by atoms with Gasteiger partial charge in [-0.05, 0) is 48.9 Å². The van der Waals surface area contributed by atoms with Crippen molar-refractivity contribution < 1.29 is 14.1 Å². The Bertz CT molecular complexity index is 1050. The minimum Gasteiger partial charge on any atom is -0.337 e. The predicted octanol–water partition coefficient (Wildman–Crippen LogP) is 4.01. The largest absolute Gasteiger partial charge is 0.337 e. The van der Waals surface area contributed by atoms with E-state index in [1.54, 1.807) is 55.5 Å². The molecule has 1 saturated heterocycles. The van der Waals surface area contributed by atoms with Crippen molar-refractivity contribution in [2.45, 2.75) is 19.0 Å². The van der Waals surface area contributed by atoms with E-state index >= 15 is 0 Å². The molecule has 0 radical (unpaired) electrons. The first kappa shape index (κ1) is 18.5. The summed E-state index contributed by atoms with van der Waals surface area (Å²) in [5.74, 6) is 0.0825. The molecule has 0 spiro atoms. The highest BCUT2D eigenvalue weighted by atomic mass is 35.5. The molecule has 9 heteroatoms. The van der Waals surface area contributed by atoms with Crippen LogP contribution < -0.4 is 5.32 Å². The van der Waals surface area contributed by atoms with Crippen LogP contribution in [0.25, 0.3) is 11.4 Å². The van der Waals surface area contributed by atoms with E-state index in [1.807, 2.05) is 0 Å². The van der Waals surface area contributed by atoms with Gasteiger partial charge in [0.2, 0.25) is 11.7 Å². The monoisotopic (exact) mass is 416 g/mol. The number of hydrogen-bond donors (Lipinski definition) is 1. The van der Waals surface area contributed by atoms with Gasteiger partial charge in [0.25, 0.3) is 5.91 Å². The van der Waals surface area contributed by atoms with Crippen molar-refractivity contribution in [2.75, 3.05) is 0 Å². The fraction of sp³-hybridized carbons (Fsp3) is 0.158. The van der Waals surface area contributed by atoms with Gasteiger partial charge in [0.15, 0.2) is 0 Å². The lowest BCUT2D eigenvalue weighted by Crippen LogP contribution is -2.40. The number of carbonyl (C=O) groups is 2. The van der Waals surface area contributed by atoms with Crippen molar-refractivity contribution in [3.8, 4) is 11.4 Å². The topological polar surface area (TPSA) is 88.3 Å². The number of rotatable bonds is 4. The third kappa shape index (κ3) is 3.23. The number of carbonyl (C=O) groups excluding carboxylic acids is 2. The average Bonchev–Trinajstić information content (AvgIpc) is 3.22. The SMILES string of the molecule is CC1(c2ccc(Cl)cc2)NC(=O)N(Cc2nc(-c3ccc(Cl)cc3)no2)C1=O. The number of aromatic nitrogens is 2. The van der Waals surface area contributed by atoms with E-state index < -0.39 is 17.5 Å². The quantitative estimate of drug-likeness (QED) is 0.648. The second-order valence-corrected chi connectivity index (χ2v) is 7.34. The van der Waals surface area contributed by atoms with Crippen molar-refractivity contribution in [3.05, 3.63) is 70.0 Å². The smallest absolute Gasteiger partial charge is 0.325 e. The lowest BCUT2D eigenvalue weighted by molar-refractivity contribution is -0.131. The second kappa shape index (κ2) is 6.92. The van der Waals surface area contributed by atoms with Crippen LogP contribution in [-0.4, -0.2) is 27.0 Å². The van der Waals surface area contributed by atoms with E-state index in [2.05, 4.69) is 15.5 Å². The summed E-state index contributed by atoms with van der Waals surface area (Å²) in [5.41, 5.74) is 0.147. The Morgan fingerprint density at radius 2 is 1.64 bits per heavy atom. The first-order valence-corrected chi connectivity index (χ1v) is 9.11. The number of imide groups is 1. The minimum atomic E-state index is -1.19. The third-order valence-electron chi connectivity index (χ3n) is 4.56. The van der Waals surface area contributed by atoms with Crippen LogP contribution in [0.1, 0.15) is 18.4 Å². The van der Waals surface area contributed by atoms with Crippen LogP contribution in [0, 0.1) is 0 Å². The lowest BCUT2D eigenvalue weighted by atomic mass is 9.92. The summed E-state index contributed by atoms with van der Waals surface area (Å²) in [6, 6.07) is 13.1. The molecule has 2 aromatic carbocycles. The Kier molecular flexibility index (Phi) is 4.56. The fourth-order valence-electron chi connectivity index (χ4n) is 2.99. The molecule has 142 valence electrons. The molecule has 2 heterocycles. The van der Waals surface area contributed by atoms with Gasteiger partial charge in [0, 0.05) is 15.6 Å². The average molecular weight is 417 g/mol. The van der Waals surface area contributed by atoms with E-state index in [0.29, 0.717) is 27.0 Å². The van der Waals surface area contributed by atoms with Crippen LogP contribution >= 0.6 is 23.2 Å². The van der Waals surface area contributed by atoms with Gasteiger partial charge >= 0.3 is 6.03 Å². The molecule has 0 bridgehead atoms. The Morgan fingerprint density at radius 1 is 1.04 bits per heavy atom. The Hall–Kier alpha value is -2.90. The molecule has 4 rings (SSSR count). The fourth-order valence-corrected chi connectivity index (χ4v) is 3.24. The van der Waals surface area contributed by atoms with Gasteiger partial charge in [-0.15, -0.1) is 0 Å². The van der Waals surface area contributed by atoms with E-state index in [4.69, 9.17) is 27.7 Å². The van der Waals surface area contributed by atoms with Gasteiger partial charge in [0.1, 0.15) is 12.1 Å². The molecule has 1 atom stereocenters. The first-order chi connectivity index (χ1) is 13.4. The zero-order valence-electron chi connectivity index (χ0n) is 14.6. The molecule has 3 amide bonds. The normalized spacial score (nSPS) is 19.2. The van der Waals surface area contributed by atoms with Crippen molar-refractivity contribution in [1.82, 2.24) is 20.4 Å². The summed E-state index contributed by atoms with van der Waals surface area (Å²) >= 11 is 11.8. The van der Waals surface area contributed by atoms with Gasteiger partial charge in [-0.25, -0.2) is 4.79 Å². The molecular weight excluding hydrogens is 403 g/mol. The van der Waals surface area contributed by atoms with E-state index in [0.717, 1.165) is 4.90 Å². The van der Waals surface area contributed by atoms with E-state index in [9.17, 15) is 9.59 Å². The second-order valence-electron chi connectivity index (χ2n) is 6.47. The molecule has 0 aliphatic carbocycles. The van der Waals surface area contributed by atoms with Crippen molar-refractivity contribution in [3.63, 3.8) is 0 Å². The van der Waals surface area contributed by atoms with Crippen LogP contribution in [0.5, 0.6) is 0 Å². The van der Waals surface area contributed by atoms with Crippen molar-refractivity contribution in [1.29, 1.82) is 0 Å². The Labute approximate surface area is 170 Å². The zero-order chi connectivity index (χ0) is 19.9. The van der Waals surface area contributed by atoms with Gasteiger partial charge in [-0.3, -0.25) is 9.69 Å². The molecule has 1 fully saturated rings. The highest BCUT2D eigenvalue weighted by molar-refractivity contribution is 6.30. The summed E-state index contributed by atoms with van der Waals surface area (Å²) in [6.07, 6.45) is 0. The Balaban J connectivity index is 1.55. The zero-order valence-corrected chi connectivity index (χ0v) is 16.2. The van der Waals surface area contributed by atoms with Crippen molar-refractivity contribution >= 4 is 35.1 Å². The number of benzene rings is 2. The summed E-state index contributed by atoms with van der Waals surface area (Å²) in [6.45, 7) is 1.51. The molecule has 0 saturated carbocycles. The maximum absolute atomic E-state index is 12.9.